The summed E-state index contributed by atoms with van der Waals surface area (Å²) in [6.45, 7) is 5.16. The number of aromatic nitrogens is 2. The molecule has 1 fully saturated rings. The van der Waals surface area contributed by atoms with E-state index < -0.39 is 17.1 Å². The van der Waals surface area contributed by atoms with E-state index in [1.807, 2.05) is 18.7 Å². The average molecular weight is 475 g/mol. The van der Waals surface area contributed by atoms with E-state index in [9.17, 15) is 19.5 Å². The molecule has 3 rings (SSSR count). The largest absolute Gasteiger partial charge is 0.494 e. The molecule has 0 radical (unpaired) electrons. The first-order chi connectivity index (χ1) is 15.7. The molecule has 2 aromatic rings. The van der Waals surface area contributed by atoms with Gasteiger partial charge in [0.25, 0.3) is 5.56 Å². The lowest BCUT2D eigenvalue weighted by Gasteiger charge is -2.33. The molecular formula is C23H30N4O5S. The number of thioether (sulfide) groups is 1. The molecule has 0 saturated carbocycles. The lowest BCUT2D eigenvalue weighted by Crippen LogP contribution is -2.43. The van der Waals surface area contributed by atoms with Gasteiger partial charge in [0.05, 0.1) is 18.0 Å². The van der Waals surface area contributed by atoms with Crippen molar-refractivity contribution in [3.8, 4) is 11.6 Å². The van der Waals surface area contributed by atoms with Crippen molar-refractivity contribution in [3.63, 3.8) is 0 Å². The van der Waals surface area contributed by atoms with Crippen LogP contribution in [0.5, 0.6) is 11.6 Å². The molecule has 1 aromatic heterocycles. The maximum absolute atomic E-state index is 12.9. The number of amides is 1. The molecule has 0 spiro atoms. The Hall–Kier alpha value is -3.01. The second-order valence-corrected chi connectivity index (χ2v) is 8.93. The van der Waals surface area contributed by atoms with E-state index in [1.54, 1.807) is 24.3 Å². The number of ether oxygens (including phenoxy) is 1. The topological polar surface area (TPSA) is 106 Å². The molecule has 10 heteroatoms. The Kier molecular flexibility index (Phi) is 8.01. The minimum absolute atomic E-state index is 0.0484. The van der Waals surface area contributed by atoms with Crippen LogP contribution < -0.4 is 16.0 Å². The lowest BCUT2D eigenvalue weighted by molar-refractivity contribution is -0.131. The number of aromatic hydroxyl groups is 1. The summed E-state index contributed by atoms with van der Waals surface area (Å²) in [4.78, 5) is 44.4. The fourth-order valence-electron chi connectivity index (χ4n) is 3.76. The van der Waals surface area contributed by atoms with Crippen LogP contribution >= 0.6 is 11.8 Å². The number of likely N-dealkylation sites (tertiary alicyclic amines) is 1. The molecule has 1 aromatic carbocycles. The Morgan fingerprint density at radius 1 is 1.18 bits per heavy atom. The molecule has 1 N–H and O–H groups in total. The first-order valence-electron chi connectivity index (χ1n) is 11.0. The third-order valence-corrected chi connectivity index (χ3v) is 6.64. The Bertz CT molecular complexity index is 1150. The van der Waals surface area contributed by atoms with Gasteiger partial charge in [0.15, 0.2) is 0 Å². The van der Waals surface area contributed by atoms with E-state index in [4.69, 9.17) is 4.74 Å². The van der Waals surface area contributed by atoms with Crippen LogP contribution in [0.25, 0.3) is 0 Å². The number of hydrogen-bond donors (Lipinski definition) is 1. The zero-order chi connectivity index (χ0) is 24.1. The van der Waals surface area contributed by atoms with Gasteiger partial charge in [-0.3, -0.25) is 18.7 Å². The van der Waals surface area contributed by atoms with Gasteiger partial charge in [0.1, 0.15) is 16.4 Å². The number of aliphatic imine (C=N–C) groups is 1. The molecule has 33 heavy (non-hydrogen) atoms. The van der Waals surface area contributed by atoms with Gasteiger partial charge in [0.2, 0.25) is 11.8 Å². The smallest absolute Gasteiger partial charge is 0.333 e. The Labute approximate surface area is 196 Å². The molecule has 9 nitrogen and oxygen atoms in total. The number of carbonyl (C=O) groups excluding carboxylic acids is 1. The summed E-state index contributed by atoms with van der Waals surface area (Å²) in [6.07, 6.45) is 3.03. The summed E-state index contributed by atoms with van der Waals surface area (Å²) in [5, 5.41) is 10.8. The maximum atomic E-state index is 12.9. The van der Waals surface area contributed by atoms with Crippen molar-refractivity contribution in [3.05, 3.63) is 50.7 Å². The Morgan fingerprint density at radius 2 is 1.88 bits per heavy atom. The minimum Gasteiger partial charge on any atom is -0.494 e. The van der Waals surface area contributed by atoms with Crippen molar-refractivity contribution in [1.29, 1.82) is 0 Å². The summed E-state index contributed by atoms with van der Waals surface area (Å²) in [5.74, 6) is 0.207. The molecule has 0 unspecified atom stereocenters. The van der Waals surface area contributed by atoms with Crippen LogP contribution in [0.15, 0.2) is 38.8 Å². The van der Waals surface area contributed by atoms with Crippen molar-refractivity contribution in [2.75, 3.05) is 18.9 Å². The Morgan fingerprint density at radius 3 is 2.52 bits per heavy atom. The van der Waals surface area contributed by atoms with E-state index in [0.717, 1.165) is 40.2 Å². The van der Waals surface area contributed by atoms with Gasteiger partial charge in [-0.25, -0.2) is 9.79 Å². The van der Waals surface area contributed by atoms with E-state index in [-0.39, 0.29) is 28.3 Å². The maximum Gasteiger partial charge on any atom is 0.333 e. The highest BCUT2D eigenvalue weighted by Gasteiger charge is 2.26. The van der Waals surface area contributed by atoms with Crippen LogP contribution in [0.4, 0.5) is 5.69 Å². The number of piperidine rings is 1. The quantitative estimate of drug-likeness (QED) is 0.509. The van der Waals surface area contributed by atoms with E-state index in [1.165, 1.54) is 14.1 Å². The average Bonchev–Trinajstić information content (AvgIpc) is 2.81. The van der Waals surface area contributed by atoms with E-state index in [2.05, 4.69) is 4.99 Å². The van der Waals surface area contributed by atoms with Crippen LogP contribution in [0.3, 0.4) is 0 Å². The standard InChI is InChI=1S/C23H30N4O5S/c1-5-32-17-11-9-16(10-12-17)24-20(19-21(29)25(3)23(31)26(4)22(19)30)33-14-18(28)27-13-7-6-8-15(27)2/h9-12,15,29H,5-8,13-14H2,1-4H3/t15-/m0/s1. The number of benzene rings is 1. The summed E-state index contributed by atoms with van der Waals surface area (Å²) < 4.78 is 7.35. The lowest BCUT2D eigenvalue weighted by atomic mass is 10.0. The molecule has 1 amide bonds. The summed E-state index contributed by atoms with van der Waals surface area (Å²) in [6, 6.07) is 7.12. The monoisotopic (exact) mass is 474 g/mol. The zero-order valence-electron chi connectivity index (χ0n) is 19.4. The van der Waals surface area contributed by atoms with Crippen molar-refractivity contribution in [2.45, 2.75) is 39.2 Å². The SMILES string of the molecule is CCOc1ccc(N=C(SCC(=O)N2CCCC[C@@H]2C)c2c(O)n(C)c(=O)n(C)c2=O)cc1. The molecular weight excluding hydrogens is 444 g/mol. The predicted molar refractivity (Wildman–Crippen MR) is 130 cm³/mol. The highest BCUT2D eigenvalue weighted by Crippen LogP contribution is 2.26. The van der Waals surface area contributed by atoms with Crippen LogP contribution in [0.2, 0.25) is 0 Å². The molecule has 178 valence electrons. The van der Waals surface area contributed by atoms with E-state index in [0.29, 0.717) is 24.6 Å². The Balaban J connectivity index is 1.99. The fraction of sp³-hybridized carbons (Fsp3) is 0.478. The number of carbonyl (C=O) groups is 1. The van der Waals surface area contributed by atoms with Crippen LogP contribution in [0, 0.1) is 0 Å². The molecule has 1 aliphatic rings. The first kappa shape index (κ1) is 24.6. The molecule has 0 aliphatic carbocycles. The number of rotatable bonds is 6. The van der Waals surface area contributed by atoms with Crippen LogP contribution in [-0.2, 0) is 18.9 Å². The van der Waals surface area contributed by atoms with Crippen molar-refractivity contribution < 1.29 is 14.6 Å². The van der Waals surface area contributed by atoms with E-state index >= 15 is 0 Å². The molecule has 1 aliphatic heterocycles. The first-order valence-corrected chi connectivity index (χ1v) is 12.0. The van der Waals surface area contributed by atoms with Gasteiger partial charge in [-0.05, 0) is 57.4 Å². The van der Waals surface area contributed by atoms with Crippen molar-refractivity contribution in [2.24, 2.45) is 19.1 Å². The van der Waals surface area contributed by atoms with Crippen LogP contribution in [0.1, 0.15) is 38.7 Å². The summed E-state index contributed by atoms with van der Waals surface area (Å²) in [7, 11) is 2.72. The third kappa shape index (κ3) is 5.50. The highest BCUT2D eigenvalue weighted by molar-refractivity contribution is 8.15. The van der Waals surface area contributed by atoms with Gasteiger partial charge in [-0.15, -0.1) is 0 Å². The summed E-state index contributed by atoms with van der Waals surface area (Å²) >= 11 is 1.08. The normalized spacial score (nSPS) is 16.7. The van der Waals surface area contributed by atoms with Crippen LogP contribution in [-0.4, -0.2) is 55.0 Å². The second-order valence-electron chi connectivity index (χ2n) is 7.97. The molecule has 0 bridgehead atoms. The van der Waals surface area contributed by atoms with Gasteiger partial charge in [0, 0.05) is 26.7 Å². The van der Waals surface area contributed by atoms with Gasteiger partial charge >= 0.3 is 5.69 Å². The van der Waals surface area contributed by atoms with Crippen molar-refractivity contribution in [1.82, 2.24) is 14.0 Å². The summed E-state index contributed by atoms with van der Waals surface area (Å²) in [5.41, 5.74) is -0.913. The highest BCUT2D eigenvalue weighted by atomic mass is 32.2. The number of nitrogens with zero attached hydrogens (tertiary/aromatic N) is 4. The van der Waals surface area contributed by atoms with Gasteiger partial charge in [-0.1, -0.05) is 11.8 Å². The number of hydrogen-bond acceptors (Lipinski definition) is 7. The molecule has 2 heterocycles. The van der Waals surface area contributed by atoms with Gasteiger partial charge < -0.3 is 14.7 Å². The third-order valence-electron chi connectivity index (χ3n) is 5.68. The second kappa shape index (κ2) is 10.7. The molecule has 1 saturated heterocycles. The molecule has 1 atom stereocenters. The fourth-order valence-corrected chi connectivity index (χ4v) is 4.68. The zero-order valence-corrected chi connectivity index (χ0v) is 20.2. The predicted octanol–water partition coefficient (Wildman–Crippen LogP) is 2.40. The van der Waals surface area contributed by atoms with Gasteiger partial charge in [-0.2, -0.15) is 0 Å². The van der Waals surface area contributed by atoms with Crippen molar-refractivity contribution >= 4 is 28.4 Å². The minimum atomic E-state index is -0.674.